The summed E-state index contributed by atoms with van der Waals surface area (Å²) in [6, 6.07) is 7.93. The molecule has 1 aromatic heterocycles. The molecule has 0 fully saturated rings. The number of anilines is 1. The van der Waals surface area contributed by atoms with E-state index in [1.807, 2.05) is 24.3 Å². The molecule has 0 aliphatic carbocycles. The van der Waals surface area contributed by atoms with Gasteiger partial charge in [-0.2, -0.15) is 0 Å². The van der Waals surface area contributed by atoms with Gasteiger partial charge in [0.15, 0.2) is 0 Å². The molecule has 0 aliphatic rings. The van der Waals surface area contributed by atoms with Gasteiger partial charge in [-0.3, -0.25) is 0 Å². The molecule has 0 saturated heterocycles. The highest BCUT2D eigenvalue weighted by Gasteiger charge is 2.04. The molecule has 96 valence electrons. The number of nitrogen functional groups attached to an aromatic ring is 1. The Hall–Kier alpha value is -1.35. The Morgan fingerprint density at radius 1 is 1.11 bits per heavy atom. The van der Waals surface area contributed by atoms with Crippen molar-refractivity contribution < 1.29 is 0 Å². The van der Waals surface area contributed by atoms with Gasteiger partial charge in [0.25, 0.3) is 0 Å². The molecule has 0 aliphatic heterocycles. The van der Waals surface area contributed by atoms with Gasteiger partial charge in [0.05, 0.1) is 5.69 Å². The lowest BCUT2D eigenvalue weighted by Crippen LogP contribution is -1.87. The average molecular weight is 260 g/mol. The van der Waals surface area contributed by atoms with Gasteiger partial charge in [-0.15, -0.1) is 11.3 Å². The van der Waals surface area contributed by atoms with Gasteiger partial charge in [-0.25, -0.2) is 4.98 Å². The molecule has 18 heavy (non-hydrogen) atoms. The lowest BCUT2D eigenvalue weighted by atomic mass is 10.1. The van der Waals surface area contributed by atoms with E-state index in [0.717, 1.165) is 22.7 Å². The predicted octanol–water partition coefficient (Wildman–Crippen LogP) is 4.52. The highest BCUT2D eigenvalue weighted by Crippen LogP contribution is 2.25. The predicted molar refractivity (Wildman–Crippen MR) is 79.8 cm³/mol. The van der Waals surface area contributed by atoms with E-state index in [1.54, 1.807) is 11.3 Å². The van der Waals surface area contributed by atoms with Crippen LogP contribution in [0, 0.1) is 0 Å². The quantitative estimate of drug-likeness (QED) is 0.613. The van der Waals surface area contributed by atoms with Crippen molar-refractivity contribution in [2.24, 2.45) is 0 Å². The Bertz CT molecular complexity index is 473. The van der Waals surface area contributed by atoms with Crippen LogP contribution in [0.3, 0.4) is 0 Å². The normalized spacial score (nSPS) is 10.7. The van der Waals surface area contributed by atoms with Gasteiger partial charge in [0.1, 0.15) is 5.01 Å². The molecule has 1 heterocycles. The number of nitrogens with zero attached hydrogens (tertiary/aromatic N) is 1. The van der Waals surface area contributed by atoms with Crippen LogP contribution in [-0.4, -0.2) is 4.98 Å². The highest BCUT2D eigenvalue weighted by atomic mass is 32.1. The van der Waals surface area contributed by atoms with Gasteiger partial charge in [-0.05, 0) is 37.1 Å². The van der Waals surface area contributed by atoms with E-state index >= 15 is 0 Å². The second-order valence-corrected chi connectivity index (χ2v) is 5.43. The number of thiazole rings is 1. The third kappa shape index (κ3) is 3.57. The molecule has 0 spiro atoms. The van der Waals surface area contributed by atoms with E-state index in [9.17, 15) is 0 Å². The van der Waals surface area contributed by atoms with Crippen molar-refractivity contribution in [3.63, 3.8) is 0 Å². The van der Waals surface area contributed by atoms with Gasteiger partial charge < -0.3 is 5.73 Å². The van der Waals surface area contributed by atoms with Crippen molar-refractivity contribution in [2.75, 3.05) is 5.73 Å². The van der Waals surface area contributed by atoms with Crippen LogP contribution in [0.25, 0.3) is 10.6 Å². The summed E-state index contributed by atoms with van der Waals surface area (Å²) in [7, 11) is 0. The number of unbranched alkanes of at least 4 members (excludes halogenated alkanes) is 3. The molecule has 2 rings (SSSR count). The smallest absolute Gasteiger partial charge is 0.123 e. The second-order valence-electron chi connectivity index (χ2n) is 4.58. The topological polar surface area (TPSA) is 38.9 Å². The summed E-state index contributed by atoms with van der Waals surface area (Å²) in [5.74, 6) is 0. The van der Waals surface area contributed by atoms with Crippen molar-refractivity contribution in [3.05, 3.63) is 35.3 Å². The van der Waals surface area contributed by atoms with Gasteiger partial charge in [-0.1, -0.05) is 26.2 Å². The molecular formula is C15H20N2S. The third-order valence-electron chi connectivity index (χ3n) is 3.00. The van der Waals surface area contributed by atoms with Gasteiger partial charge >= 0.3 is 0 Å². The second kappa shape index (κ2) is 6.55. The molecule has 0 amide bonds. The number of hydrogen-bond acceptors (Lipinski definition) is 3. The number of rotatable bonds is 6. The Balaban J connectivity index is 1.95. The summed E-state index contributed by atoms with van der Waals surface area (Å²) in [6.45, 7) is 2.24. The number of aryl methyl sites for hydroxylation is 1. The zero-order valence-corrected chi connectivity index (χ0v) is 11.7. The molecule has 2 N–H and O–H groups in total. The van der Waals surface area contributed by atoms with Gasteiger partial charge in [0, 0.05) is 16.6 Å². The van der Waals surface area contributed by atoms with E-state index in [-0.39, 0.29) is 0 Å². The first-order valence-electron chi connectivity index (χ1n) is 6.60. The molecule has 2 nitrogen and oxygen atoms in total. The minimum absolute atomic E-state index is 0.801. The van der Waals surface area contributed by atoms with Crippen molar-refractivity contribution >= 4 is 17.0 Å². The summed E-state index contributed by atoms with van der Waals surface area (Å²) in [4.78, 5) is 4.69. The monoisotopic (exact) mass is 260 g/mol. The average Bonchev–Trinajstić information content (AvgIpc) is 2.84. The third-order valence-corrected chi connectivity index (χ3v) is 3.94. The SMILES string of the molecule is CCCCCCc1csc(-c2ccc(N)cc2)n1. The molecule has 0 saturated carbocycles. The summed E-state index contributed by atoms with van der Waals surface area (Å²) < 4.78 is 0. The van der Waals surface area contributed by atoms with Crippen LogP contribution >= 0.6 is 11.3 Å². The van der Waals surface area contributed by atoms with Crippen LogP contribution in [0.15, 0.2) is 29.6 Å². The maximum atomic E-state index is 5.69. The standard InChI is InChI=1S/C15H20N2S/c1-2-3-4-5-6-14-11-18-15(17-14)12-7-9-13(16)10-8-12/h7-11H,2-6,16H2,1H3. The number of benzene rings is 1. The van der Waals surface area contributed by atoms with Gasteiger partial charge in [0.2, 0.25) is 0 Å². The van der Waals surface area contributed by atoms with E-state index < -0.39 is 0 Å². The lowest BCUT2D eigenvalue weighted by molar-refractivity contribution is 0.662. The lowest BCUT2D eigenvalue weighted by Gasteiger charge is -1.98. The Labute approximate surface area is 113 Å². The first-order valence-corrected chi connectivity index (χ1v) is 7.48. The largest absolute Gasteiger partial charge is 0.399 e. The number of nitrogens with two attached hydrogens (primary N) is 1. The first kappa shape index (κ1) is 13.1. The summed E-state index contributed by atoms with van der Waals surface area (Å²) in [6.07, 6.45) is 6.28. The maximum Gasteiger partial charge on any atom is 0.123 e. The Morgan fingerprint density at radius 2 is 1.89 bits per heavy atom. The maximum absolute atomic E-state index is 5.69. The molecule has 3 heteroatoms. The Kier molecular flexibility index (Phi) is 4.76. The first-order chi connectivity index (χ1) is 8.79. The summed E-state index contributed by atoms with van der Waals surface area (Å²) in [5.41, 5.74) is 8.87. The highest BCUT2D eigenvalue weighted by molar-refractivity contribution is 7.13. The fraction of sp³-hybridized carbons (Fsp3) is 0.400. The van der Waals surface area contributed by atoms with Crippen molar-refractivity contribution in [1.82, 2.24) is 4.98 Å². The fourth-order valence-corrected chi connectivity index (χ4v) is 2.77. The Morgan fingerprint density at radius 3 is 2.61 bits per heavy atom. The molecule has 0 radical (unpaired) electrons. The zero-order chi connectivity index (χ0) is 12.8. The van der Waals surface area contributed by atoms with E-state index in [2.05, 4.69) is 17.3 Å². The van der Waals surface area contributed by atoms with Crippen LogP contribution in [0.1, 0.15) is 38.3 Å². The van der Waals surface area contributed by atoms with Crippen LogP contribution in [0.4, 0.5) is 5.69 Å². The van der Waals surface area contributed by atoms with Crippen LogP contribution in [0.2, 0.25) is 0 Å². The van der Waals surface area contributed by atoms with Crippen molar-refractivity contribution in [2.45, 2.75) is 39.0 Å². The minimum atomic E-state index is 0.801. The van der Waals surface area contributed by atoms with Crippen molar-refractivity contribution in [3.8, 4) is 10.6 Å². The molecule has 1 aromatic carbocycles. The van der Waals surface area contributed by atoms with Crippen molar-refractivity contribution in [1.29, 1.82) is 0 Å². The fourth-order valence-electron chi connectivity index (χ4n) is 1.91. The minimum Gasteiger partial charge on any atom is -0.399 e. The molecule has 0 atom stereocenters. The van der Waals surface area contributed by atoms with E-state index in [4.69, 9.17) is 5.73 Å². The molecule has 2 aromatic rings. The van der Waals surface area contributed by atoms with Crippen LogP contribution in [-0.2, 0) is 6.42 Å². The van der Waals surface area contributed by atoms with E-state index in [0.29, 0.717) is 0 Å². The molecular weight excluding hydrogens is 240 g/mol. The van der Waals surface area contributed by atoms with E-state index in [1.165, 1.54) is 31.4 Å². The summed E-state index contributed by atoms with van der Waals surface area (Å²) >= 11 is 1.72. The number of hydrogen-bond donors (Lipinski definition) is 1. The van der Waals surface area contributed by atoms with Crippen LogP contribution in [0.5, 0.6) is 0 Å². The summed E-state index contributed by atoms with van der Waals surface area (Å²) in [5, 5.41) is 3.28. The van der Waals surface area contributed by atoms with Crippen LogP contribution < -0.4 is 5.73 Å². The molecule has 0 bridgehead atoms. The zero-order valence-electron chi connectivity index (χ0n) is 10.9. The molecule has 0 unspecified atom stereocenters. The number of aromatic nitrogens is 1.